The summed E-state index contributed by atoms with van der Waals surface area (Å²) in [7, 11) is 1.73. The van der Waals surface area contributed by atoms with Gasteiger partial charge in [0, 0.05) is 47.7 Å². The topological polar surface area (TPSA) is 92.7 Å². The summed E-state index contributed by atoms with van der Waals surface area (Å²) in [6, 6.07) is 11.1. The van der Waals surface area contributed by atoms with Gasteiger partial charge < -0.3 is 25.2 Å². The molecule has 33 heavy (non-hydrogen) atoms. The van der Waals surface area contributed by atoms with Crippen LogP contribution in [0.1, 0.15) is 27.7 Å². The Labute approximate surface area is 192 Å². The number of nitrogens with zero attached hydrogens (tertiary/aromatic N) is 1. The Balaban J connectivity index is 1.79. The second-order valence-electron chi connectivity index (χ2n) is 8.29. The first-order valence-electron chi connectivity index (χ1n) is 10.5. The summed E-state index contributed by atoms with van der Waals surface area (Å²) in [4.78, 5) is 16.6. The molecule has 3 rings (SSSR count). The van der Waals surface area contributed by atoms with Gasteiger partial charge in [-0.1, -0.05) is 0 Å². The van der Waals surface area contributed by atoms with E-state index in [0.29, 0.717) is 33.7 Å². The van der Waals surface area contributed by atoms with Gasteiger partial charge in [-0.2, -0.15) is 0 Å². The Morgan fingerprint density at radius 2 is 1.88 bits per heavy atom. The van der Waals surface area contributed by atoms with E-state index in [-0.39, 0.29) is 18.3 Å². The van der Waals surface area contributed by atoms with Gasteiger partial charge in [0.15, 0.2) is 11.6 Å². The molecule has 0 aliphatic heterocycles. The molecule has 0 spiro atoms. The highest BCUT2D eigenvalue weighted by Crippen LogP contribution is 2.33. The van der Waals surface area contributed by atoms with Crippen LogP contribution in [-0.4, -0.2) is 35.3 Å². The van der Waals surface area contributed by atoms with E-state index >= 15 is 0 Å². The Hall–Kier alpha value is -3.65. The Morgan fingerprint density at radius 3 is 2.55 bits per heavy atom. The van der Waals surface area contributed by atoms with Gasteiger partial charge in [-0.3, -0.25) is 9.78 Å². The number of nitrogens with one attached hydrogen (secondary N) is 2. The fourth-order valence-electron chi connectivity index (χ4n) is 2.90. The first-order valence-corrected chi connectivity index (χ1v) is 10.5. The molecule has 174 valence electrons. The van der Waals surface area contributed by atoms with Gasteiger partial charge in [0.05, 0.1) is 11.1 Å². The number of anilines is 1. The largest absolute Gasteiger partial charge is 0.491 e. The molecule has 0 radical (unpaired) electrons. The molecule has 2 aromatic carbocycles. The third-order valence-electron chi connectivity index (χ3n) is 4.95. The summed E-state index contributed by atoms with van der Waals surface area (Å²) >= 11 is 0. The molecule has 1 aromatic heterocycles. The fourth-order valence-corrected chi connectivity index (χ4v) is 2.90. The number of fused-ring (bicyclic) bond motifs is 1. The number of aromatic nitrogens is 1. The lowest BCUT2D eigenvalue weighted by Crippen LogP contribution is -2.27. The van der Waals surface area contributed by atoms with Crippen LogP contribution in [0, 0.1) is 5.82 Å². The van der Waals surface area contributed by atoms with E-state index in [9.17, 15) is 14.3 Å². The number of aliphatic hydroxyl groups is 1. The molecule has 1 amide bonds. The molecule has 0 aliphatic rings. The van der Waals surface area contributed by atoms with Crippen molar-refractivity contribution in [3.63, 3.8) is 0 Å². The zero-order valence-electron chi connectivity index (χ0n) is 19.3. The maximum atomic E-state index is 14.7. The van der Waals surface area contributed by atoms with Gasteiger partial charge in [0.25, 0.3) is 5.91 Å². The third-order valence-corrected chi connectivity index (χ3v) is 4.95. The Bertz CT molecular complexity index is 1200. The van der Waals surface area contributed by atoms with Crippen LogP contribution in [0.5, 0.6) is 17.2 Å². The first-order chi connectivity index (χ1) is 15.6. The molecule has 0 fully saturated rings. The Kier molecular flexibility index (Phi) is 7.18. The number of hydrogen-bond donors (Lipinski definition) is 3. The second kappa shape index (κ2) is 9.87. The number of benzene rings is 2. The molecular formula is C25H28FN3O4. The van der Waals surface area contributed by atoms with Crippen molar-refractivity contribution in [2.75, 3.05) is 19.0 Å². The van der Waals surface area contributed by atoms with Gasteiger partial charge >= 0.3 is 0 Å². The van der Waals surface area contributed by atoms with Crippen molar-refractivity contribution in [3.8, 4) is 17.2 Å². The molecule has 0 saturated heterocycles. The number of hydrogen-bond acceptors (Lipinski definition) is 6. The fraction of sp³-hybridized carbons (Fsp3) is 0.280. The summed E-state index contributed by atoms with van der Waals surface area (Å²) in [6.07, 6.45) is 1.56. The number of rotatable bonds is 8. The van der Waals surface area contributed by atoms with Gasteiger partial charge in [-0.15, -0.1) is 0 Å². The molecule has 0 unspecified atom stereocenters. The normalized spacial score (nSPS) is 12.2. The molecule has 3 N–H and O–H groups in total. The highest BCUT2D eigenvalue weighted by molar-refractivity contribution is 6.03. The Morgan fingerprint density at radius 1 is 1.12 bits per heavy atom. The summed E-state index contributed by atoms with van der Waals surface area (Å²) < 4.78 is 26.1. The van der Waals surface area contributed by atoms with E-state index in [0.717, 1.165) is 5.70 Å². The number of allylic oxidation sites excluding steroid dienone is 1. The first kappa shape index (κ1) is 24.0. The predicted molar refractivity (Wildman–Crippen MR) is 126 cm³/mol. The van der Waals surface area contributed by atoms with Crippen molar-refractivity contribution in [1.82, 2.24) is 10.3 Å². The number of pyridine rings is 1. The maximum absolute atomic E-state index is 14.7. The van der Waals surface area contributed by atoms with Crippen molar-refractivity contribution < 1.29 is 23.8 Å². The van der Waals surface area contributed by atoms with Crippen LogP contribution in [0.25, 0.3) is 10.9 Å². The van der Waals surface area contributed by atoms with Gasteiger partial charge in [0.2, 0.25) is 0 Å². The molecule has 0 atom stereocenters. The van der Waals surface area contributed by atoms with E-state index in [1.54, 1.807) is 71.3 Å². The monoisotopic (exact) mass is 453 g/mol. The lowest BCUT2D eigenvalue weighted by molar-refractivity contribution is -0.112. The average molecular weight is 454 g/mol. The summed E-state index contributed by atoms with van der Waals surface area (Å²) in [5, 5.41) is 16.1. The zero-order valence-corrected chi connectivity index (χ0v) is 19.3. The van der Waals surface area contributed by atoms with Crippen LogP contribution in [0.2, 0.25) is 0 Å². The second-order valence-corrected chi connectivity index (χ2v) is 8.29. The van der Waals surface area contributed by atoms with E-state index < -0.39 is 11.4 Å². The van der Waals surface area contributed by atoms with E-state index in [1.165, 1.54) is 12.1 Å². The molecule has 0 bridgehead atoms. The molecule has 0 saturated carbocycles. The predicted octanol–water partition coefficient (Wildman–Crippen LogP) is 4.77. The van der Waals surface area contributed by atoms with Crippen molar-refractivity contribution in [3.05, 3.63) is 65.7 Å². The molecule has 3 aromatic rings. The highest BCUT2D eigenvalue weighted by atomic mass is 19.1. The van der Waals surface area contributed by atoms with Crippen molar-refractivity contribution in [2.45, 2.75) is 33.3 Å². The standard InChI is InChI=1S/C25H28FN3O4/c1-15(16(2)27-5)24(30)29-17-6-9-23(20(26)12-17)33-22-10-11-28-21-13-18(7-8-19(21)22)32-14-25(3,4)31/h6-13,27,31H,14H2,1-5H3,(H,29,30)/b16-15+. The van der Waals surface area contributed by atoms with E-state index in [1.807, 2.05) is 0 Å². The third kappa shape index (κ3) is 6.20. The minimum atomic E-state index is -0.961. The summed E-state index contributed by atoms with van der Waals surface area (Å²) in [6.45, 7) is 6.92. The van der Waals surface area contributed by atoms with E-state index in [2.05, 4.69) is 15.6 Å². The van der Waals surface area contributed by atoms with Crippen LogP contribution in [0.3, 0.4) is 0 Å². The van der Waals surface area contributed by atoms with Crippen molar-refractivity contribution in [1.29, 1.82) is 0 Å². The highest BCUT2D eigenvalue weighted by Gasteiger charge is 2.15. The van der Waals surface area contributed by atoms with Crippen LogP contribution >= 0.6 is 0 Å². The molecule has 0 aliphatic carbocycles. The number of carbonyl (C=O) groups excluding carboxylic acids is 1. The molecular weight excluding hydrogens is 425 g/mol. The lowest BCUT2D eigenvalue weighted by atomic mass is 10.1. The summed E-state index contributed by atoms with van der Waals surface area (Å²) in [5.74, 6) is 0.0561. The van der Waals surface area contributed by atoms with Crippen LogP contribution in [-0.2, 0) is 4.79 Å². The number of carbonyl (C=O) groups is 1. The molecule has 1 heterocycles. The van der Waals surface area contributed by atoms with Gasteiger partial charge in [-0.05, 0) is 58.0 Å². The maximum Gasteiger partial charge on any atom is 0.253 e. The minimum Gasteiger partial charge on any atom is -0.491 e. The SMILES string of the molecule is CN/C(C)=C(\C)C(=O)Nc1ccc(Oc2ccnc3cc(OCC(C)(C)O)ccc23)c(F)c1. The smallest absolute Gasteiger partial charge is 0.253 e. The molecule has 8 heteroatoms. The number of halogens is 1. The average Bonchev–Trinajstić information content (AvgIpc) is 2.77. The van der Waals surface area contributed by atoms with Crippen LogP contribution < -0.4 is 20.1 Å². The van der Waals surface area contributed by atoms with Crippen molar-refractivity contribution >= 4 is 22.5 Å². The number of amides is 1. The van der Waals surface area contributed by atoms with Gasteiger partial charge in [0.1, 0.15) is 18.1 Å². The van der Waals surface area contributed by atoms with Crippen LogP contribution in [0.4, 0.5) is 10.1 Å². The van der Waals surface area contributed by atoms with Crippen molar-refractivity contribution in [2.24, 2.45) is 0 Å². The minimum absolute atomic E-state index is 0.0153. The number of ether oxygens (including phenoxy) is 2. The quantitative estimate of drug-likeness (QED) is 0.426. The van der Waals surface area contributed by atoms with Gasteiger partial charge in [-0.25, -0.2) is 4.39 Å². The van der Waals surface area contributed by atoms with E-state index in [4.69, 9.17) is 9.47 Å². The zero-order chi connectivity index (χ0) is 24.2. The van der Waals surface area contributed by atoms with Crippen LogP contribution in [0.15, 0.2) is 59.9 Å². The molecule has 7 nitrogen and oxygen atoms in total. The summed E-state index contributed by atoms with van der Waals surface area (Å²) in [5.41, 5.74) is 1.20. The lowest BCUT2D eigenvalue weighted by Gasteiger charge is -2.18.